The van der Waals surface area contributed by atoms with Crippen LogP contribution >= 0.6 is 11.3 Å². The second-order valence-electron chi connectivity index (χ2n) is 7.94. The molecule has 1 aliphatic heterocycles. The van der Waals surface area contributed by atoms with Gasteiger partial charge in [-0.25, -0.2) is 9.78 Å². The van der Waals surface area contributed by atoms with Crippen LogP contribution in [0.5, 0.6) is 5.75 Å². The number of aromatic nitrogens is 1. The molecule has 0 saturated heterocycles. The summed E-state index contributed by atoms with van der Waals surface area (Å²) in [5, 5.41) is 12.5. The molecule has 0 bridgehead atoms. The number of rotatable bonds is 5. The Kier molecular flexibility index (Phi) is 6.61. The molecule has 0 saturated carbocycles. The van der Waals surface area contributed by atoms with Crippen molar-refractivity contribution < 1.29 is 24.2 Å². The molecule has 0 fully saturated rings. The van der Waals surface area contributed by atoms with E-state index in [-0.39, 0.29) is 5.75 Å². The largest absolute Gasteiger partial charge is 0.508 e. The molecule has 2 heterocycles. The lowest BCUT2D eigenvalue weighted by Gasteiger charge is -2.31. The van der Waals surface area contributed by atoms with Gasteiger partial charge in [0.25, 0.3) is 0 Å². The van der Waals surface area contributed by atoms with Gasteiger partial charge in [-0.15, -0.1) is 11.3 Å². The molecule has 4 rings (SSSR count). The third kappa shape index (κ3) is 4.36. The molecular formula is C26H24N2O5S. The molecule has 8 heteroatoms. The second kappa shape index (κ2) is 9.61. The van der Waals surface area contributed by atoms with Crippen LogP contribution in [-0.2, 0) is 19.1 Å². The minimum absolute atomic E-state index is 0.176. The van der Waals surface area contributed by atoms with Crippen molar-refractivity contribution in [3.8, 4) is 27.6 Å². The number of phenols is 1. The van der Waals surface area contributed by atoms with Crippen molar-refractivity contribution in [2.75, 3.05) is 14.2 Å². The van der Waals surface area contributed by atoms with Gasteiger partial charge in [0, 0.05) is 33.8 Å². The van der Waals surface area contributed by atoms with E-state index in [2.05, 4.69) is 4.99 Å². The number of benzene rings is 2. The topological polar surface area (TPSA) is 98.1 Å². The van der Waals surface area contributed by atoms with Crippen molar-refractivity contribution in [1.82, 2.24) is 4.98 Å². The molecule has 1 N–H and O–H groups in total. The highest BCUT2D eigenvalue weighted by molar-refractivity contribution is 7.13. The summed E-state index contributed by atoms with van der Waals surface area (Å²) in [7, 11) is 2.64. The minimum atomic E-state index is -0.753. The number of carbonyl (C=O) groups is 2. The van der Waals surface area contributed by atoms with Gasteiger partial charge in [0.05, 0.1) is 25.5 Å². The quantitative estimate of drug-likeness (QED) is 0.522. The van der Waals surface area contributed by atoms with Crippen molar-refractivity contribution in [3.63, 3.8) is 0 Å². The van der Waals surface area contributed by atoms with Crippen LogP contribution in [0.2, 0.25) is 0 Å². The van der Waals surface area contributed by atoms with Crippen molar-refractivity contribution >= 4 is 29.0 Å². The fourth-order valence-corrected chi connectivity index (χ4v) is 5.10. The molecule has 0 radical (unpaired) electrons. The van der Waals surface area contributed by atoms with Gasteiger partial charge >= 0.3 is 11.9 Å². The molecule has 34 heavy (non-hydrogen) atoms. The summed E-state index contributed by atoms with van der Waals surface area (Å²) < 4.78 is 10.1. The van der Waals surface area contributed by atoms with Crippen LogP contribution < -0.4 is 0 Å². The van der Waals surface area contributed by atoms with Gasteiger partial charge < -0.3 is 14.6 Å². The number of esters is 2. The highest BCUT2D eigenvalue weighted by Crippen LogP contribution is 2.41. The van der Waals surface area contributed by atoms with Crippen LogP contribution in [0.1, 0.15) is 25.3 Å². The lowest BCUT2D eigenvalue weighted by molar-refractivity contribution is -0.143. The first kappa shape index (κ1) is 23.4. The number of hydrogen-bond donors (Lipinski definition) is 1. The zero-order valence-electron chi connectivity index (χ0n) is 19.2. The van der Waals surface area contributed by atoms with Crippen LogP contribution in [-0.4, -0.2) is 42.0 Å². The van der Waals surface area contributed by atoms with E-state index in [9.17, 15) is 14.7 Å². The van der Waals surface area contributed by atoms with E-state index in [0.29, 0.717) is 17.0 Å². The molecule has 1 aromatic heterocycles. The Balaban J connectivity index is 1.79. The summed E-state index contributed by atoms with van der Waals surface area (Å²) in [6.45, 7) is 3.50. The third-order valence-electron chi connectivity index (χ3n) is 5.83. The molecule has 1 aliphatic rings. The van der Waals surface area contributed by atoms with E-state index < -0.39 is 23.8 Å². The molecule has 0 aliphatic carbocycles. The van der Waals surface area contributed by atoms with E-state index in [1.54, 1.807) is 32.0 Å². The van der Waals surface area contributed by atoms with Crippen molar-refractivity contribution in [2.45, 2.75) is 19.8 Å². The number of thiazole rings is 1. The normalized spacial score (nSPS) is 17.8. The van der Waals surface area contributed by atoms with Gasteiger partial charge in [0.1, 0.15) is 16.7 Å². The molecule has 7 nitrogen and oxygen atoms in total. The lowest BCUT2D eigenvalue weighted by Crippen LogP contribution is -2.36. The van der Waals surface area contributed by atoms with Gasteiger partial charge in [-0.3, -0.25) is 9.79 Å². The maximum Gasteiger partial charge on any atom is 0.336 e. The molecular weight excluding hydrogens is 452 g/mol. The summed E-state index contributed by atoms with van der Waals surface area (Å²) in [4.78, 5) is 34.7. The lowest BCUT2D eigenvalue weighted by atomic mass is 9.75. The van der Waals surface area contributed by atoms with Gasteiger partial charge in [-0.2, -0.15) is 0 Å². The Morgan fingerprint density at radius 2 is 1.74 bits per heavy atom. The zero-order chi connectivity index (χ0) is 24.4. The molecule has 0 amide bonds. The van der Waals surface area contributed by atoms with Crippen LogP contribution in [0.25, 0.3) is 21.8 Å². The van der Waals surface area contributed by atoms with Gasteiger partial charge in [-0.1, -0.05) is 30.3 Å². The fourth-order valence-electron chi connectivity index (χ4n) is 4.27. The Labute approximate surface area is 201 Å². The number of methoxy groups -OCH3 is 2. The van der Waals surface area contributed by atoms with Crippen molar-refractivity contribution in [2.24, 2.45) is 10.9 Å². The monoisotopic (exact) mass is 476 g/mol. The molecule has 2 aromatic carbocycles. The van der Waals surface area contributed by atoms with Crippen molar-refractivity contribution in [3.05, 3.63) is 70.7 Å². The van der Waals surface area contributed by atoms with Gasteiger partial charge in [-0.05, 0) is 37.6 Å². The number of nitrogens with zero attached hydrogens (tertiary/aromatic N) is 2. The van der Waals surface area contributed by atoms with E-state index in [1.165, 1.54) is 25.6 Å². The summed E-state index contributed by atoms with van der Waals surface area (Å²) in [5.41, 5.74) is 4.60. The average molecular weight is 477 g/mol. The minimum Gasteiger partial charge on any atom is -0.508 e. The van der Waals surface area contributed by atoms with Crippen LogP contribution in [0.15, 0.2) is 70.2 Å². The Morgan fingerprint density at radius 1 is 1.00 bits per heavy atom. The summed E-state index contributed by atoms with van der Waals surface area (Å²) in [5.74, 6) is -2.18. The maximum absolute atomic E-state index is 12.8. The number of aromatic hydroxyl groups is 1. The summed E-state index contributed by atoms with van der Waals surface area (Å²) in [6, 6.07) is 14.5. The molecule has 3 aromatic rings. The third-order valence-corrected chi connectivity index (χ3v) is 6.72. The summed E-state index contributed by atoms with van der Waals surface area (Å²) >= 11 is 1.47. The average Bonchev–Trinajstić information content (AvgIpc) is 3.33. The zero-order valence-corrected chi connectivity index (χ0v) is 20.1. The SMILES string of the molecule is COC(=O)C1=C(C)N=C(C)C(C(=O)OC)C1c1cccc(-c2nc(-c3cccc(O)c3)cs2)c1. The van der Waals surface area contributed by atoms with E-state index in [4.69, 9.17) is 14.5 Å². The van der Waals surface area contributed by atoms with Crippen LogP contribution in [0.4, 0.5) is 0 Å². The van der Waals surface area contributed by atoms with E-state index >= 15 is 0 Å². The van der Waals surface area contributed by atoms with Crippen LogP contribution in [0, 0.1) is 5.92 Å². The Morgan fingerprint density at radius 3 is 2.44 bits per heavy atom. The highest BCUT2D eigenvalue weighted by Gasteiger charge is 2.42. The van der Waals surface area contributed by atoms with E-state index in [0.717, 1.165) is 27.4 Å². The number of hydrogen-bond acceptors (Lipinski definition) is 8. The maximum atomic E-state index is 12.8. The first-order valence-electron chi connectivity index (χ1n) is 10.6. The first-order chi connectivity index (χ1) is 16.3. The van der Waals surface area contributed by atoms with Gasteiger partial charge in [0.2, 0.25) is 0 Å². The highest BCUT2D eigenvalue weighted by atomic mass is 32.1. The standard InChI is InChI=1S/C26H24N2O5S/c1-14-21(25(30)32-3)23(22(15(2)27-14)26(31)33-4)17-8-5-9-18(11-17)24-28-20(13-34-24)16-7-6-10-19(29)12-16/h5-13,21,23,29H,1-4H3. The van der Waals surface area contributed by atoms with Crippen LogP contribution in [0.3, 0.4) is 0 Å². The van der Waals surface area contributed by atoms with E-state index in [1.807, 2.05) is 35.7 Å². The number of ether oxygens (including phenoxy) is 2. The Hall–Kier alpha value is -3.78. The molecule has 2 atom stereocenters. The molecule has 2 unspecified atom stereocenters. The summed E-state index contributed by atoms with van der Waals surface area (Å²) in [6.07, 6.45) is 0. The number of carbonyl (C=O) groups excluding carboxylic acids is 2. The fraction of sp³-hybridized carbons (Fsp3) is 0.231. The number of aliphatic imine (C=N–C) groups is 1. The Bertz CT molecular complexity index is 1320. The molecule has 174 valence electrons. The number of phenolic OH excluding ortho intramolecular Hbond substituents is 1. The molecule has 0 spiro atoms. The smallest absolute Gasteiger partial charge is 0.336 e. The predicted octanol–water partition coefficient (Wildman–Crippen LogP) is 4.98. The van der Waals surface area contributed by atoms with Gasteiger partial charge in [0.15, 0.2) is 0 Å². The number of allylic oxidation sites excluding steroid dienone is 1. The first-order valence-corrected chi connectivity index (χ1v) is 11.5. The second-order valence-corrected chi connectivity index (χ2v) is 8.79. The van der Waals surface area contributed by atoms with Crippen molar-refractivity contribution in [1.29, 1.82) is 0 Å². The predicted molar refractivity (Wildman–Crippen MR) is 131 cm³/mol.